The third-order valence-corrected chi connectivity index (χ3v) is 9.93. The van der Waals surface area contributed by atoms with Gasteiger partial charge in [0.15, 0.2) is 0 Å². The van der Waals surface area contributed by atoms with Crippen molar-refractivity contribution in [3.8, 4) is 44.1 Å². The Hall–Kier alpha value is -3.36. The van der Waals surface area contributed by atoms with E-state index >= 15 is 0 Å². The number of thiazole rings is 2. The van der Waals surface area contributed by atoms with Gasteiger partial charge in [0, 0.05) is 12.1 Å². The number of ether oxygens (including phenoxy) is 2. The highest BCUT2D eigenvalue weighted by atomic mass is 32.1. The minimum absolute atomic E-state index is 0.168. The van der Waals surface area contributed by atoms with Crippen molar-refractivity contribution in [1.29, 1.82) is 0 Å². The average Bonchev–Trinajstić information content (AvgIpc) is 3.62. The molecule has 44 heavy (non-hydrogen) atoms. The van der Waals surface area contributed by atoms with Crippen LogP contribution in [0.2, 0.25) is 0 Å². The molecule has 0 aliphatic heterocycles. The fourth-order valence-electron chi connectivity index (χ4n) is 5.29. The Kier molecular flexibility index (Phi) is 11.7. The third kappa shape index (κ3) is 8.42. The van der Waals surface area contributed by atoms with E-state index in [9.17, 15) is 10.2 Å². The van der Waals surface area contributed by atoms with Gasteiger partial charge in [-0.2, -0.15) is 0 Å². The number of unbranched alkanes of at least 4 members (excludes halogenated alkanes) is 10. The maximum Gasteiger partial charge on any atom is 0.129 e. The first-order chi connectivity index (χ1) is 21.6. The second-order valence-corrected chi connectivity index (χ2v) is 13.5. The molecule has 0 spiro atoms. The lowest BCUT2D eigenvalue weighted by Gasteiger charge is -2.08. The number of aromatic hydroxyl groups is 2. The van der Waals surface area contributed by atoms with Gasteiger partial charge in [0.25, 0.3) is 0 Å². The third-order valence-electron chi connectivity index (χ3n) is 7.83. The molecule has 0 amide bonds. The van der Waals surface area contributed by atoms with Crippen LogP contribution in [-0.2, 0) is 0 Å². The highest BCUT2D eigenvalue weighted by Crippen LogP contribution is 2.41. The Morgan fingerprint density at radius 2 is 0.955 bits per heavy atom. The van der Waals surface area contributed by atoms with Crippen LogP contribution in [0.3, 0.4) is 0 Å². The zero-order valence-corrected chi connectivity index (χ0v) is 27.6. The molecule has 0 atom stereocenters. The SMILES string of the molecule is CCCCCCCCOc1ccc(-c2nc3cc4sc(-c5ccc(OCCCCCCCC)cc5O)nc4cc3s2)c(O)c1. The Morgan fingerprint density at radius 3 is 1.36 bits per heavy atom. The van der Waals surface area contributed by atoms with Crippen molar-refractivity contribution >= 4 is 43.1 Å². The number of hydrogen-bond donors (Lipinski definition) is 2. The smallest absolute Gasteiger partial charge is 0.129 e. The van der Waals surface area contributed by atoms with Gasteiger partial charge in [0.1, 0.15) is 33.0 Å². The summed E-state index contributed by atoms with van der Waals surface area (Å²) in [5.41, 5.74) is 3.11. The first kappa shape index (κ1) is 32.0. The van der Waals surface area contributed by atoms with E-state index in [-0.39, 0.29) is 11.5 Å². The van der Waals surface area contributed by atoms with Gasteiger partial charge in [-0.25, -0.2) is 9.97 Å². The maximum atomic E-state index is 10.8. The number of nitrogens with zero attached hydrogens (tertiary/aromatic N) is 2. The predicted octanol–water partition coefficient (Wildman–Crippen LogP) is 11.1. The molecule has 2 N–H and O–H groups in total. The fourth-order valence-corrected chi connectivity index (χ4v) is 7.32. The van der Waals surface area contributed by atoms with Gasteiger partial charge in [0.2, 0.25) is 0 Å². The number of rotatable bonds is 18. The van der Waals surface area contributed by atoms with E-state index in [0.29, 0.717) is 35.8 Å². The van der Waals surface area contributed by atoms with E-state index in [2.05, 4.69) is 13.8 Å². The van der Waals surface area contributed by atoms with Gasteiger partial charge in [-0.15, -0.1) is 22.7 Å². The number of benzene rings is 3. The van der Waals surface area contributed by atoms with Crippen molar-refractivity contribution < 1.29 is 19.7 Å². The lowest BCUT2D eigenvalue weighted by atomic mass is 10.1. The Morgan fingerprint density at radius 1 is 0.545 bits per heavy atom. The Balaban J connectivity index is 1.21. The van der Waals surface area contributed by atoms with E-state index in [1.54, 1.807) is 12.1 Å². The summed E-state index contributed by atoms with van der Waals surface area (Å²) in [7, 11) is 0. The summed E-state index contributed by atoms with van der Waals surface area (Å²) in [6.07, 6.45) is 14.6. The number of phenolic OH excluding ortho intramolecular Hbond substituents is 2. The molecular weight excluding hydrogens is 589 g/mol. The second-order valence-electron chi connectivity index (χ2n) is 11.4. The van der Waals surface area contributed by atoms with Crippen molar-refractivity contribution in [2.45, 2.75) is 90.9 Å². The average molecular weight is 633 g/mol. The summed E-state index contributed by atoms with van der Waals surface area (Å²) in [5, 5.41) is 23.1. The minimum atomic E-state index is 0.168. The van der Waals surface area contributed by atoms with Gasteiger partial charge in [-0.3, -0.25) is 0 Å². The molecular formula is C36H44N2O4S2. The van der Waals surface area contributed by atoms with Crippen LogP contribution in [0.15, 0.2) is 48.5 Å². The lowest BCUT2D eigenvalue weighted by Crippen LogP contribution is -1.97. The van der Waals surface area contributed by atoms with Crippen LogP contribution in [-0.4, -0.2) is 33.4 Å². The summed E-state index contributed by atoms with van der Waals surface area (Å²) in [6, 6.07) is 15.0. The van der Waals surface area contributed by atoms with Crippen LogP contribution in [0.5, 0.6) is 23.0 Å². The molecule has 0 bridgehead atoms. The highest BCUT2D eigenvalue weighted by molar-refractivity contribution is 7.23. The molecule has 0 radical (unpaired) electrons. The fraction of sp³-hybridized carbons (Fsp3) is 0.444. The molecule has 0 aliphatic rings. The molecule has 2 aromatic heterocycles. The van der Waals surface area contributed by atoms with Gasteiger partial charge in [-0.1, -0.05) is 78.1 Å². The second kappa shape index (κ2) is 16.1. The van der Waals surface area contributed by atoms with Crippen LogP contribution >= 0.6 is 22.7 Å². The van der Waals surface area contributed by atoms with Crippen LogP contribution in [0.4, 0.5) is 0 Å². The molecule has 3 aromatic carbocycles. The van der Waals surface area contributed by atoms with E-state index in [1.807, 2.05) is 36.4 Å². The van der Waals surface area contributed by atoms with Crippen molar-refractivity contribution in [3.63, 3.8) is 0 Å². The normalized spacial score (nSPS) is 11.5. The van der Waals surface area contributed by atoms with Crippen LogP contribution < -0.4 is 9.47 Å². The highest BCUT2D eigenvalue weighted by Gasteiger charge is 2.16. The van der Waals surface area contributed by atoms with Gasteiger partial charge >= 0.3 is 0 Å². The molecule has 0 aliphatic carbocycles. The molecule has 0 unspecified atom stereocenters. The van der Waals surface area contributed by atoms with Gasteiger partial charge < -0.3 is 19.7 Å². The van der Waals surface area contributed by atoms with E-state index in [4.69, 9.17) is 19.4 Å². The molecule has 0 saturated heterocycles. The first-order valence-electron chi connectivity index (χ1n) is 16.2. The summed E-state index contributed by atoms with van der Waals surface area (Å²) in [4.78, 5) is 9.67. The molecule has 234 valence electrons. The molecule has 0 saturated carbocycles. The number of fused-ring (bicyclic) bond motifs is 2. The number of aromatic nitrogens is 2. The monoisotopic (exact) mass is 632 g/mol. The maximum absolute atomic E-state index is 10.8. The molecule has 6 nitrogen and oxygen atoms in total. The van der Waals surface area contributed by atoms with E-state index in [1.165, 1.54) is 86.9 Å². The summed E-state index contributed by atoms with van der Waals surface area (Å²) in [5.74, 6) is 1.70. The minimum Gasteiger partial charge on any atom is -0.507 e. The standard InChI is InChI=1S/C36H44N2O4S2/c1-3-5-7-9-11-13-19-41-25-15-17-27(31(39)21-25)35-37-29-23-34-30(24-33(29)43-35)38-36(44-34)28-18-16-26(22-32(28)40)42-20-14-12-10-8-6-4-2/h15-18,21-24,39-40H,3-14,19-20H2,1-2H3. The molecule has 8 heteroatoms. The zero-order chi connectivity index (χ0) is 30.7. The van der Waals surface area contributed by atoms with Crippen molar-refractivity contribution in [2.75, 3.05) is 13.2 Å². The molecule has 2 heterocycles. The number of hydrogen-bond acceptors (Lipinski definition) is 8. The van der Waals surface area contributed by atoms with Gasteiger partial charge in [0.05, 0.1) is 44.8 Å². The molecule has 5 aromatic rings. The van der Waals surface area contributed by atoms with E-state index < -0.39 is 0 Å². The lowest BCUT2D eigenvalue weighted by molar-refractivity contribution is 0.302. The predicted molar refractivity (Wildman–Crippen MR) is 185 cm³/mol. The van der Waals surface area contributed by atoms with E-state index in [0.717, 1.165) is 43.3 Å². The van der Waals surface area contributed by atoms with Crippen molar-refractivity contribution in [3.05, 3.63) is 48.5 Å². The van der Waals surface area contributed by atoms with Crippen molar-refractivity contribution in [2.24, 2.45) is 0 Å². The van der Waals surface area contributed by atoms with Gasteiger partial charge in [-0.05, 0) is 49.2 Å². The molecule has 0 fully saturated rings. The Labute approximate surface area is 268 Å². The van der Waals surface area contributed by atoms with Crippen LogP contribution in [0.25, 0.3) is 41.6 Å². The van der Waals surface area contributed by atoms with Crippen LogP contribution in [0, 0.1) is 0 Å². The van der Waals surface area contributed by atoms with Crippen LogP contribution in [0.1, 0.15) is 90.9 Å². The molecule has 5 rings (SSSR count). The summed E-state index contributed by atoms with van der Waals surface area (Å²) < 4.78 is 13.7. The summed E-state index contributed by atoms with van der Waals surface area (Å²) >= 11 is 3.06. The Bertz CT molecular complexity index is 1480. The zero-order valence-electron chi connectivity index (χ0n) is 25.9. The summed E-state index contributed by atoms with van der Waals surface area (Å²) in [6.45, 7) is 5.77. The largest absolute Gasteiger partial charge is 0.507 e. The number of phenols is 2. The quantitative estimate of drug-likeness (QED) is 0.0935. The van der Waals surface area contributed by atoms with Crippen molar-refractivity contribution in [1.82, 2.24) is 9.97 Å². The topological polar surface area (TPSA) is 84.7 Å². The first-order valence-corrected chi connectivity index (χ1v) is 17.8.